The summed E-state index contributed by atoms with van der Waals surface area (Å²) < 4.78 is 0. The van der Waals surface area contributed by atoms with Crippen molar-refractivity contribution in [2.24, 2.45) is 23.5 Å². The van der Waals surface area contributed by atoms with Crippen LogP contribution in [0.3, 0.4) is 0 Å². The molecular formula is C15H30N2O3. The Balaban J connectivity index is 4.00. The van der Waals surface area contributed by atoms with Gasteiger partial charge in [0.1, 0.15) is 0 Å². The van der Waals surface area contributed by atoms with Crippen molar-refractivity contribution in [2.45, 2.75) is 52.9 Å². The Labute approximate surface area is 122 Å². The maximum Gasteiger partial charge on any atom is 0.303 e. The van der Waals surface area contributed by atoms with Crippen LogP contribution in [0.4, 0.5) is 0 Å². The van der Waals surface area contributed by atoms with Crippen molar-refractivity contribution in [1.29, 1.82) is 0 Å². The molecular weight excluding hydrogens is 256 g/mol. The molecule has 0 saturated heterocycles. The van der Waals surface area contributed by atoms with Gasteiger partial charge in [-0.15, -0.1) is 0 Å². The minimum absolute atomic E-state index is 0.0225. The molecule has 0 aromatic carbocycles. The molecule has 0 aliphatic rings. The van der Waals surface area contributed by atoms with Crippen molar-refractivity contribution in [3.05, 3.63) is 0 Å². The fourth-order valence-electron chi connectivity index (χ4n) is 2.30. The first kappa shape index (κ1) is 18.9. The molecule has 0 aromatic heterocycles. The first-order valence-corrected chi connectivity index (χ1v) is 7.60. The van der Waals surface area contributed by atoms with Crippen molar-refractivity contribution in [3.8, 4) is 0 Å². The van der Waals surface area contributed by atoms with Gasteiger partial charge in [0.05, 0.1) is 5.92 Å². The standard InChI is InChI=1S/C15H30N2O3/c1-4-12(5-6-14(18)19)7-8-17-15(20)13(10-16)9-11(2)3/h11-13H,4-10,16H2,1-3H3,(H,17,20)(H,18,19). The highest BCUT2D eigenvalue weighted by atomic mass is 16.4. The molecule has 1 amide bonds. The highest BCUT2D eigenvalue weighted by Gasteiger charge is 2.18. The maximum atomic E-state index is 12.0. The molecule has 0 spiro atoms. The number of amides is 1. The van der Waals surface area contributed by atoms with E-state index < -0.39 is 5.97 Å². The van der Waals surface area contributed by atoms with E-state index in [1.165, 1.54) is 0 Å². The third kappa shape index (κ3) is 8.91. The third-order valence-electron chi connectivity index (χ3n) is 3.61. The predicted molar refractivity (Wildman–Crippen MR) is 80.3 cm³/mol. The van der Waals surface area contributed by atoms with E-state index in [4.69, 9.17) is 10.8 Å². The normalized spacial score (nSPS) is 14.1. The Morgan fingerprint density at radius 1 is 1.25 bits per heavy atom. The summed E-state index contributed by atoms with van der Waals surface area (Å²) in [5, 5.41) is 11.6. The minimum Gasteiger partial charge on any atom is -0.481 e. The number of rotatable bonds is 11. The largest absolute Gasteiger partial charge is 0.481 e. The van der Waals surface area contributed by atoms with Crippen molar-refractivity contribution >= 4 is 11.9 Å². The Morgan fingerprint density at radius 3 is 2.35 bits per heavy atom. The Bertz CT molecular complexity index is 293. The zero-order valence-electron chi connectivity index (χ0n) is 13.0. The zero-order valence-corrected chi connectivity index (χ0v) is 13.0. The average molecular weight is 286 g/mol. The molecule has 0 radical (unpaired) electrons. The molecule has 0 aliphatic carbocycles. The van der Waals surface area contributed by atoms with Gasteiger partial charge in [-0.05, 0) is 31.1 Å². The van der Waals surface area contributed by atoms with Gasteiger partial charge in [0.2, 0.25) is 5.91 Å². The van der Waals surface area contributed by atoms with Crippen LogP contribution in [0.2, 0.25) is 0 Å². The molecule has 2 unspecified atom stereocenters. The monoisotopic (exact) mass is 286 g/mol. The van der Waals surface area contributed by atoms with Crippen LogP contribution in [0.25, 0.3) is 0 Å². The SMILES string of the molecule is CCC(CCNC(=O)C(CN)CC(C)C)CCC(=O)O. The number of hydrogen-bond acceptors (Lipinski definition) is 3. The smallest absolute Gasteiger partial charge is 0.303 e. The van der Waals surface area contributed by atoms with Crippen LogP contribution < -0.4 is 11.1 Å². The van der Waals surface area contributed by atoms with E-state index in [2.05, 4.69) is 26.1 Å². The van der Waals surface area contributed by atoms with E-state index in [1.807, 2.05) is 0 Å². The van der Waals surface area contributed by atoms with E-state index in [0.717, 1.165) is 19.3 Å². The Hall–Kier alpha value is -1.10. The second kappa shape index (κ2) is 10.7. The maximum absolute atomic E-state index is 12.0. The van der Waals surface area contributed by atoms with E-state index in [9.17, 15) is 9.59 Å². The van der Waals surface area contributed by atoms with Gasteiger partial charge in [-0.25, -0.2) is 0 Å². The van der Waals surface area contributed by atoms with Crippen LogP contribution in [0.5, 0.6) is 0 Å². The zero-order chi connectivity index (χ0) is 15.5. The fraction of sp³-hybridized carbons (Fsp3) is 0.867. The number of nitrogens with two attached hydrogens (primary N) is 1. The lowest BCUT2D eigenvalue weighted by Crippen LogP contribution is -2.36. The van der Waals surface area contributed by atoms with Crippen molar-refractivity contribution in [2.75, 3.05) is 13.1 Å². The lowest BCUT2D eigenvalue weighted by molar-refractivity contribution is -0.137. The van der Waals surface area contributed by atoms with Gasteiger partial charge >= 0.3 is 5.97 Å². The average Bonchev–Trinajstić information content (AvgIpc) is 2.39. The third-order valence-corrected chi connectivity index (χ3v) is 3.61. The number of hydrogen-bond donors (Lipinski definition) is 3. The topological polar surface area (TPSA) is 92.4 Å². The number of carbonyl (C=O) groups is 2. The predicted octanol–water partition coefficient (Wildman–Crippen LogP) is 2.00. The molecule has 0 heterocycles. The lowest BCUT2D eigenvalue weighted by Gasteiger charge is -2.18. The van der Waals surface area contributed by atoms with Crippen LogP contribution in [0, 0.1) is 17.8 Å². The molecule has 20 heavy (non-hydrogen) atoms. The second-order valence-corrected chi connectivity index (χ2v) is 5.85. The van der Waals surface area contributed by atoms with Crippen LogP contribution in [0.15, 0.2) is 0 Å². The van der Waals surface area contributed by atoms with Gasteiger partial charge in [-0.2, -0.15) is 0 Å². The molecule has 2 atom stereocenters. The van der Waals surface area contributed by atoms with Crippen LogP contribution in [-0.2, 0) is 9.59 Å². The molecule has 0 saturated carbocycles. The van der Waals surface area contributed by atoms with Crippen molar-refractivity contribution in [3.63, 3.8) is 0 Å². The van der Waals surface area contributed by atoms with Gasteiger partial charge in [-0.3, -0.25) is 9.59 Å². The van der Waals surface area contributed by atoms with Crippen molar-refractivity contribution in [1.82, 2.24) is 5.32 Å². The highest BCUT2D eigenvalue weighted by Crippen LogP contribution is 2.15. The number of carboxylic acid groups (broad SMARTS) is 1. The van der Waals surface area contributed by atoms with E-state index in [-0.39, 0.29) is 18.2 Å². The molecule has 0 rings (SSSR count). The summed E-state index contributed by atoms with van der Waals surface area (Å²) in [6, 6.07) is 0. The van der Waals surface area contributed by atoms with Gasteiger partial charge < -0.3 is 16.2 Å². The molecule has 0 bridgehead atoms. The number of nitrogens with one attached hydrogen (secondary N) is 1. The van der Waals surface area contributed by atoms with Gasteiger partial charge in [0, 0.05) is 19.5 Å². The number of carbonyl (C=O) groups excluding carboxylic acids is 1. The molecule has 4 N–H and O–H groups in total. The van der Waals surface area contributed by atoms with E-state index in [1.54, 1.807) is 0 Å². The first-order chi connectivity index (χ1) is 9.40. The minimum atomic E-state index is -0.757. The van der Waals surface area contributed by atoms with E-state index >= 15 is 0 Å². The Morgan fingerprint density at radius 2 is 1.90 bits per heavy atom. The summed E-state index contributed by atoms with van der Waals surface area (Å²) in [6.45, 7) is 7.19. The Kier molecular flexibility index (Phi) is 10.1. The van der Waals surface area contributed by atoms with Crippen LogP contribution in [-0.4, -0.2) is 30.1 Å². The summed E-state index contributed by atoms with van der Waals surface area (Å²) >= 11 is 0. The van der Waals surface area contributed by atoms with Gasteiger partial charge in [-0.1, -0.05) is 27.2 Å². The fourth-order valence-corrected chi connectivity index (χ4v) is 2.30. The summed E-state index contributed by atoms with van der Waals surface area (Å²) in [5.74, 6) is -0.0444. The quantitative estimate of drug-likeness (QED) is 0.541. The molecule has 0 aromatic rings. The lowest BCUT2D eigenvalue weighted by atomic mass is 9.95. The van der Waals surface area contributed by atoms with Crippen LogP contribution in [0.1, 0.15) is 52.9 Å². The summed E-state index contributed by atoms with van der Waals surface area (Å²) in [6.07, 6.45) is 3.45. The second-order valence-electron chi connectivity index (χ2n) is 5.85. The summed E-state index contributed by atoms with van der Waals surface area (Å²) in [4.78, 5) is 22.5. The molecule has 0 fully saturated rings. The molecule has 0 aliphatic heterocycles. The van der Waals surface area contributed by atoms with Crippen LogP contribution >= 0.6 is 0 Å². The highest BCUT2D eigenvalue weighted by molar-refractivity contribution is 5.78. The van der Waals surface area contributed by atoms with Gasteiger partial charge in [0.25, 0.3) is 0 Å². The van der Waals surface area contributed by atoms with Crippen molar-refractivity contribution < 1.29 is 14.7 Å². The summed E-state index contributed by atoms with van der Waals surface area (Å²) in [5.41, 5.74) is 5.63. The van der Waals surface area contributed by atoms with E-state index in [0.29, 0.717) is 31.3 Å². The molecule has 118 valence electrons. The summed E-state index contributed by atoms with van der Waals surface area (Å²) in [7, 11) is 0. The molecule has 5 heteroatoms. The number of aliphatic carboxylic acids is 1. The van der Waals surface area contributed by atoms with Gasteiger partial charge in [0.15, 0.2) is 0 Å². The first-order valence-electron chi connectivity index (χ1n) is 7.60. The molecule has 5 nitrogen and oxygen atoms in total. The number of carboxylic acids is 1.